The van der Waals surface area contributed by atoms with Gasteiger partial charge >= 0.3 is 5.97 Å². The summed E-state index contributed by atoms with van der Waals surface area (Å²) in [6.07, 6.45) is 0.318. The van der Waals surface area contributed by atoms with Gasteiger partial charge in [0.25, 0.3) is 5.91 Å². The molecule has 3 N–H and O–H groups in total. The van der Waals surface area contributed by atoms with Crippen molar-refractivity contribution in [3.63, 3.8) is 0 Å². The van der Waals surface area contributed by atoms with E-state index >= 15 is 0 Å². The number of phenolic OH excluding ortho intramolecular Hbond substituents is 1. The zero-order valence-corrected chi connectivity index (χ0v) is 9.73. The molecule has 0 radical (unpaired) electrons. The molecular formula is C12H15NO4. The molecule has 0 spiro atoms. The molecule has 0 saturated heterocycles. The van der Waals surface area contributed by atoms with Crippen LogP contribution < -0.4 is 5.32 Å². The van der Waals surface area contributed by atoms with E-state index in [-0.39, 0.29) is 5.75 Å². The van der Waals surface area contributed by atoms with Crippen LogP contribution in [0.2, 0.25) is 0 Å². The lowest BCUT2D eigenvalue weighted by Crippen LogP contribution is -2.40. The molecule has 0 aliphatic rings. The summed E-state index contributed by atoms with van der Waals surface area (Å²) in [5, 5.41) is 20.5. The quantitative estimate of drug-likeness (QED) is 0.736. The van der Waals surface area contributed by atoms with Crippen molar-refractivity contribution in [2.75, 3.05) is 0 Å². The second kappa shape index (κ2) is 5.34. The van der Waals surface area contributed by atoms with E-state index in [1.54, 1.807) is 13.8 Å². The molecule has 0 heterocycles. The number of carboxylic acids is 1. The zero-order chi connectivity index (χ0) is 13.0. The average Bonchev–Trinajstić information content (AvgIpc) is 2.24. The lowest BCUT2D eigenvalue weighted by molar-refractivity contribution is -0.139. The van der Waals surface area contributed by atoms with Gasteiger partial charge in [0.15, 0.2) is 0 Å². The number of amides is 1. The van der Waals surface area contributed by atoms with Crippen LogP contribution in [0.4, 0.5) is 0 Å². The van der Waals surface area contributed by atoms with Crippen molar-refractivity contribution >= 4 is 11.9 Å². The zero-order valence-electron chi connectivity index (χ0n) is 9.73. The third-order valence-corrected chi connectivity index (χ3v) is 2.47. The maximum Gasteiger partial charge on any atom is 0.326 e. The SMILES string of the molecule is CCC(NC(=O)c1ccc(O)cc1C)C(=O)O. The van der Waals surface area contributed by atoms with Gasteiger partial charge in [0.05, 0.1) is 0 Å². The monoisotopic (exact) mass is 237 g/mol. The second-order valence-corrected chi connectivity index (χ2v) is 3.77. The minimum absolute atomic E-state index is 0.0735. The van der Waals surface area contributed by atoms with Crippen LogP contribution in [0.3, 0.4) is 0 Å². The number of nitrogens with one attached hydrogen (secondary N) is 1. The van der Waals surface area contributed by atoms with Crippen LogP contribution in [0.1, 0.15) is 29.3 Å². The second-order valence-electron chi connectivity index (χ2n) is 3.77. The Labute approximate surface area is 99.1 Å². The lowest BCUT2D eigenvalue weighted by Gasteiger charge is -2.13. The number of aromatic hydroxyl groups is 1. The fourth-order valence-corrected chi connectivity index (χ4v) is 1.48. The van der Waals surface area contributed by atoms with Crippen molar-refractivity contribution in [1.82, 2.24) is 5.32 Å². The van der Waals surface area contributed by atoms with Gasteiger partial charge in [0.1, 0.15) is 11.8 Å². The van der Waals surface area contributed by atoms with Crippen LogP contribution in [0.5, 0.6) is 5.75 Å². The lowest BCUT2D eigenvalue weighted by atomic mass is 10.1. The normalized spacial score (nSPS) is 11.9. The smallest absolute Gasteiger partial charge is 0.326 e. The molecule has 17 heavy (non-hydrogen) atoms. The largest absolute Gasteiger partial charge is 0.508 e. The number of aliphatic carboxylic acids is 1. The summed E-state index contributed by atoms with van der Waals surface area (Å²) in [5.41, 5.74) is 0.963. The third kappa shape index (κ3) is 3.21. The van der Waals surface area contributed by atoms with Crippen molar-refractivity contribution in [3.8, 4) is 5.75 Å². The number of hydrogen-bond acceptors (Lipinski definition) is 3. The minimum atomic E-state index is -1.06. The molecule has 92 valence electrons. The maximum absolute atomic E-state index is 11.8. The highest BCUT2D eigenvalue weighted by atomic mass is 16.4. The molecule has 1 atom stereocenters. The van der Waals surface area contributed by atoms with Crippen molar-refractivity contribution in [1.29, 1.82) is 0 Å². The summed E-state index contributed by atoms with van der Waals surface area (Å²) in [6.45, 7) is 3.36. The average molecular weight is 237 g/mol. The van der Waals surface area contributed by atoms with Crippen molar-refractivity contribution in [2.45, 2.75) is 26.3 Å². The van der Waals surface area contributed by atoms with E-state index in [1.165, 1.54) is 18.2 Å². The Morgan fingerprint density at radius 3 is 2.53 bits per heavy atom. The van der Waals surface area contributed by atoms with Crippen LogP contribution in [-0.4, -0.2) is 28.1 Å². The summed E-state index contributed by atoms with van der Waals surface area (Å²) in [7, 11) is 0. The van der Waals surface area contributed by atoms with E-state index in [2.05, 4.69) is 5.32 Å². The molecule has 0 aliphatic carbocycles. The van der Waals surface area contributed by atoms with E-state index < -0.39 is 17.9 Å². The molecule has 5 heteroatoms. The number of rotatable bonds is 4. The van der Waals surface area contributed by atoms with Crippen LogP contribution in [-0.2, 0) is 4.79 Å². The first kappa shape index (κ1) is 13.0. The Morgan fingerprint density at radius 2 is 2.06 bits per heavy atom. The Balaban J connectivity index is 2.86. The Bertz CT molecular complexity index is 442. The summed E-state index contributed by atoms with van der Waals surface area (Å²) >= 11 is 0. The van der Waals surface area contributed by atoms with Gasteiger partial charge in [0.2, 0.25) is 0 Å². The number of carbonyl (C=O) groups excluding carboxylic acids is 1. The van der Waals surface area contributed by atoms with Gasteiger partial charge in [-0.1, -0.05) is 6.92 Å². The number of carboxylic acid groups (broad SMARTS) is 1. The molecule has 1 rings (SSSR count). The van der Waals surface area contributed by atoms with Crippen molar-refractivity contribution < 1.29 is 19.8 Å². The van der Waals surface area contributed by atoms with Gasteiger partial charge in [-0.2, -0.15) is 0 Å². The molecule has 1 unspecified atom stereocenters. The topological polar surface area (TPSA) is 86.6 Å². The van der Waals surface area contributed by atoms with Gasteiger partial charge in [-0.25, -0.2) is 4.79 Å². The predicted molar refractivity (Wildman–Crippen MR) is 62.0 cm³/mol. The van der Waals surface area contributed by atoms with Gasteiger partial charge in [-0.05, 0) is 37.1 Å². The molecule has 1 amide bonds. The van der Waals surface area contributed by atoms with Crippen LogP contribution in [0, 0.1) is 6.92 Å². The number of aryl methyl sites for hydroxylation is 1. The fourth-order valence-electron chi connectivity index (χ4n) is 1.48. The first-order valence-corrected chi connectivity index (χ1v) is 5.29. The molecule has 1 aromatic carbocycles. The molecule has 1 aromatic rings. The standard InChI is InChI=1S/C12H15NO4/c1-3-10(12(16)17)13-11(15)9-5-4-8(14)6-7(9)2/h4-6,10,14H,3H2,1-2H3,(H,13,15)(H,16,17). The molecule has 0 aromatic heterocycles. The van der Waals surface area contributed by atoms with Crippen LogP contribution >= 0.6 is 0 Å². The van der Waals surface area contributed by atoms with E-state index in [9.17, 15) is 14.7 Å². The highest BCUT2D eigenvalue weighted by molar-refractivity contribution is 5.97. The third-order valence-electron chi connectivity index (χ3n) is 2.47. The summed E-state index contributed by atoms with van der Waals surface area (Å²) in [4.78, 5) is 22.6. The van der Waals surface area contributed by atoms with E-state index in [1.807, 2.05) is 0 Å². The molecule has 0 aliphatic heterocycles. The van der Waals surface area contributed by atoms with Crippen molar-refractivity contribution in [3.05, 3.63) is 29.3 Å². The number of phenols is 1. The first-order valence-electron chi connectivity index (χ1n) is 5.29. The Hall–Kier alpha value is -2.04. The minimum Gasteiger partial charge on any atom is -0.508 e. The summed E-state index contributed by atoms with van der Waals surface area (Å²) < 4.78 is 0. The van der Waals surface area contributed by atoms with Crippen LogP contribution in [0.25, 0.3) is 0 Å². The summed E-state index contributed by atoms with van der Waals surface area (Å²) in [6, 6.07) is 3.42. The molecule has 0 fully saturated rings. The fraction of sp³-hybridized carbons (Fsp3) is 0.333. The maximum atomic E-state index is 11.8. The highest BCUT2D eigenvalue weighted by Gasteiger charge is 2.19. The molecule has 0 saturated carbocycles. The Kier molecular flexibility index (Phi) is 4.09. The number of hydrogen-bond donors (Lipinski definition) is 3. The first-order chi connectivity index (χ1) is 7.95. The number of carbonyl (C=O) groups is 2. The van der Waals surface area contributed by atoms with Gasteiger partial charge in [-0.3, -0.25) is 4.79 Å². The van der Waals surface area contributed by atoms with Gasteiger partial charge in [0, 0.05) is 5.56 Å². The summed E-state index contributed by atoms with van der Waals surface area (Å²) in [5.74, 6) is -1.43. The van der Waals surface area contributed by atoms with Gasteiger partial charge < -0.3 is 15.5 Å². The van der Waals surface area contributed by atoms with E-state index in [0.717, 1.165) is 0 Å². The highest BCUT2D eigenvalue weighted by Crippen LogP contribution is 2.15. The van der Waals surface area contributed by atoms with E-state index in [4.69, 9.17) is 5.11 Å². The molecular weight excluding hydrogens is 222 g/mol. The predicted octanol–water partition coefficient (Wildman–Crippen LogP) is 1.29. The Morgan fingerprint density at radius 1 is 1.41 bits per heavy atom. The van der Waals surface area contributed by atoms with Gasteiger partial charge in [-0.15, -0.1) is 0 Å². The molecule has 5 nitrogen and oxygen atoms in total. The van der Waals surface area contributed by atoms with Crippen molar-refractivity contribution in [2.24, 2.45) is 0 Å². The molecule has 0 bridgehead atoms. The number of benzene rings is 1. The van der Waals surface area contributed by atoms with E-state index in [0.29, 0.717) is 17.5 Å². The van der Waals surface area contributed by atoms with Crippen LogP contribution in [0.15, 0.2) is 18.2 Å².